The van der Waals surface area contributed by atoms with Crippen LogP contribution in [0.4, 0.5) is 0 Å². The molecule has 3 aromatic rings. The molecule has 26 heavy (non-hydrogen) atoms. The second kappa shape index (κ2) is 7.77. The van der Waals surface area contributed by atoms with Crippen molar-refractivity contribution in [3.05, 3.63) is 64.2 Å². The van der Waals surface area contributed by atoms with E-state index in [9.17, 15) is 9.59 Å². The van der Waals surface area contributed by atoms with E-state index in [-0.39, 0.29) is 24.6 Å². The minimum Gasteiger partial charge on any atom is -0.478 e. The molecule has 7 heteroatoms. The fourth-order valence-electron chi connectivity index (χ4n) is 2.72. The van der Waals surface area contributed by atoms with Gasteiger partial charge in [0.1, 0.15) is 6.54 Å². The number of carbonyl (C=O) groups excluding carboxylic acids is 1. The summed E-state index contributed by atoms with van der Waals surface area (Å²) < 4.78 is 6.63. The summed E-state index contributed by atoms with van der Waals surface area (Å²) in [5.41, 5.74) is 1.20. The highest BCUT2D eigenvalue weighted by atomic mass is 16.5. The second-order valence-corrected chi connectivity index (χ2v) is 5.77. The monoisotopic (exact) mass is 352 g/mol. The van der Waals surface area contributed by atoms with Crippen LogP contribution in [0.3, 0.4) is 0 Å². The predicted molar refractivity (Wildman–Crippen MR) is 98.0 cm³/mol. The summed E-state index contributed by atoms with van der Waals surface area (Å²) in [5.74, 6) is 0.188. The second-order valence-electron chi connectivity index (χ2n) is 5.77. The smallest absolute Gasteiger partial charge is 0.275 e. The Labute approximate surface area is 150 Å². The number of amides is 1. The zero-order valence-electron chi connectivity index (χ0n) is 14.7. The van der Waals surface area contributed by atoms with Crippen LogP contribution >= 0.6 is 0 Å². The summed E-state index contributed by atoms with van der Waals surface area (Å²) in [5, 5.41) is 8.38. The molecule has 0 bridgehead atoms. The normalized spacial score (nSPS) is 10.7. The molecule has 1 aromatic carbocycles. The summed E-state index contributed by atoms with van der Waals surface area (Å²) >= 11 is 0. The van der Waals surface area contributed by atoms with Crippen LogP contribution in [0.2, 0.25) is 0 Å². The number of hydrogen-bond acceptors (Lipinski definition) is 5. The number of hydrogen-bond donors (Lipinski definition) is 1. The fourth-order valence-corrected chi connectivity index (χ4v) is 2.72. The van der Waals surface area contributed by atoms with E-state index in [0.717, 1.165) is 10.9 Å². The van der Waals surface area contributed by atoms with Crippen molar-refractivity contribution in [2.24, 2.45) is 0 Å². The third-order valence-corrected chi connectivity index (χ3v) is 3.95. The number of rotatable bonds is 6. The molecule has 0 saturated carbocycles. The Morgan fingerprint density at radius 2 is 1.96 bits per heavy atom. The number of pyridine rings is 1. The van der Waals surface area contributed by atoms with E-state index < -0.39 is 0 Å². The Bertz CT molecular complexity index is 997. The van der Waals surface area contributed by atoms with Crippen molar-refractivity contribution in [3.8, 4) is 5.88 Å². The van der Waals surface area contributed by atoms with E-state index in [2.05, 4.69) is 15.4 Å². The van der Waals surface area contributed by atoms with Gasteiger partial charge in [-0.05, 0) is 26.0 Å². The first-order valence-electron chi connectivity index (χ1n) is 8.40. The van der Waals surface area contributed by atoms with Crippen molar-refractivity contribution < 1.29 is 9.53 Å². The predicted octanol–water partition coefficient (Wildman–Crippen LogP) is 1.82. The Balaban J connectivity index is 1.74. The molecule has 3 rings (SSSR count). The number of aromatic nitrogens is 3. The van der Waals surface area contributed by atoms with Gasteiger partial charge in [0.15, 0.2) is 0 Å². The van der Waals surface area contributed by atoms with Crippen molar-refractivity contribution in [2.75, 3.05) is 6.61 Å². The van der Waals surface area contributed by atoms with Gasteiger partial charge >= 0.3 is 0 Å². The van der Waals surface area contributed by atoms with Gasteiger partial charge in [0.25, 0.3) is 5.56 Å². The highest BCUT2D eigenvalue weighted by Gasteiger charge is 2.12. The molecule has 0 aliphatic heterocycles. The van der Waals surface area contributed by atoms with Gasteiger partial charge in [0, 0.05) is 23.7 Å². The summed E-state index contributed by atoms with van der Waals surface area (Å²) in [6, 6.07) is 10.9. The van der Waals surface area contributed by atoms with E-state index >= 15 is 0 Å². The van der Waals surface area contributed by atoms with Crippen LogP contribution in [0.15, 0.2) is 47.4 Å². The lowest BCUT2D eigenvalue weighted by molar-refractivity contribution is -0.122. The molecular weight excluding hydrogens is 332 g/mol. The maximum Gasteiger partial charge on any atom is 0.275 e. The zero-order valence-corrected chi connectivity index (χ0v) is 14.7. The lowest BCUT2D eigenvalue weighted by atomic mass is 10.1. The van der Waals surface area contributed by atoms with Gasteiger partial charge in [-0.25, -0.2) is 9.67 Å². The molecule has 2 heterocycles. The number of aryl methyl sites for hydroxylation is 1. The van der Waals surface area contributed by atoms with Crippen LogP contribution in [0.25, 0.3) is 10.8 Å². The molecular formula is C19H20N4O3. The maximum atomic E-state index is 12.5. The van der Waals surface area contributed by atoms with E-state index in [1.165, 1.54) is 4.68 Å². The first-order valence-corrected chi connectivity index (χ1v) is 8.40. The van der Waals surface area contributed by atoms with Gasteiger partial charge < -0.3 is 10.1 Å². The van der Waals surface area contributed by atoms with Crippen LogP contribution in [-0.2, 0) is 17.9 Å². The lowest BCUT2D eigenvalue weighted by Crippen LogP contribution is -2.34. The molecule has 1 N–H and O–H groups in total. The Morgan fingerprint density at radius 3 is 2.73 bits per heavy atom. The van der Waals surface area contributed by atoms with Gasteiger partial charge in [-0.15, -0.1) is 0 Å². The molecule has 7 nitrogen and oxygen atoms in total. The largest absolute Gasteiger partial charge is 0.478 e. The van der Waals surface area contributed by atoms with Crippen LogP contribution in [0.1, 0.15) is 18.2 Å². The first-order chi connectivity index (χ1) is 12.6. The summed E-state index contributed by atoms with van der Waals surface area (Å²) in [4.78, 5) is 29.0. The van der Waals surface area contributed by atoms with E-state index in [0.29, 0.717) is 23.6 Å². The Hall–Kier alpha value is -3.22. The van der Waals surface area contributed by atoms with E-state index in [4.69, 9.17) is 4.74 Å². The van der Waals surface area contributed by atoms with Crippen molar-refractivity contribution in [3.63, 3.8) is 0 Å². The third kappa shape index (κ3) is 3.72. The minimum atomic E-state index is -0.305. The van der Waals surface area contributed by atoms with Crippen molar-refractivity contribution in [2.45, 2.75) is 26.9 Å². The number of benzene rings is 1. The minimum absolute atomic E-state index is 0.144. The van der Waals surface area contributed by atoms with Crippen LogP contribution in [-0.4, -0.2) is 27.3 Å². The molecule has 0 radical (unpaired) electrons. The van der Waals surface area contributed by atoms with Gasteiger partial charge in [0.05, 0.1) is 17.7 Å². The summed E-state index contributed by atoms with van der Waals surface area (Å²) in [6.07, 6.45) is 1.64. The van der Waals surface area contributed by atoms with E-state index in [1.807, 2.05) is 32.0 Å². The van der Waals surface area contributed by atoms with Crippen molar-refractivity contribution in [1.29, 1.82) is 0 Å². The average Bonchev–Trinajstić information content (AvgIpc) is 2.65. The topological polar surface area (TPSA) is 86.1 Å². The highest BCUT2D eigenvalue weighted by molar-refractivity contribution is 5.83. The van der Waals surface area contributed by atoms with Gasteiger partial charge in [-0.2, -0.15) is 5.10 Å². The number of ether oxygens (including phenoxy) is 1. The average molecular weight is 352 g/mol. The van der Waals surface area contributed by atoms with Crippen LogP contribution in [0, 0.1) is 6.92 Å². The SMILES string of the molecule is CCOc1ncccc1CNC(=O)Cn1nc(C)c2ccccc2c1=O. The number of nitrogens with one attached hydrogen (secondary N) is 1. The van der Waals surface area contributed by atoms with E-state index in [1.54, 1.807) is 24.4 Å². The Morgan fingerprint density at radius 1 is 1.19 bits per heavy atom. The van der Waals surface area contributed by atoms with Crippen molar-refractivity contribution >= 4 is 16.7 Å². The number of carbonyl (C=O) groups is 1. The Kier molecular flexibility index (Phi) is 5.26. The fraction of sp³-hybridized carbons (Fsp3) is 0.263. The van der Waals surface area contributed by atoms with Crippen LogP contribution < -0.4 is 15.6 Å². The van der Waals surface area contributed by atoms with Gasteiger partial charge in [-0.3, -0.25) is 9.59 Å². The zero-order chi connectivity index (χ0) is 18.5. The van der Waals surface area contributed by atoms with Gasteiger partial charge in [-0.1, -0.05) is 24.3 Å². The molecule has 0 unspecified atom stereocenters. The standard InChI is InChI=1S/C19H20N4O3/c1-3-26-18-14(7-6-10-20-18)11-21-17(24)12-23-19(25)16-9-5-4-8-15(16)13(2)22-23/h4-10H,3,11-12H2,1-2H3,(H,21,24). The quantitative estimate of drug-likeness (QED) is 0.731. The highest BCUT2D eigenvalue weighted by Crippen LogP contribution is 2.14. The molecule has 0 fully saturated rings. The molecule has 2 aromatic heterocycles. The first kappa shape index (κ1) is 17.6. The maximum absolute atomic E-state index is 12.5. The van der Waals surface area contributed by atoms with Gasteiger partial charge in [0.2, 0.25) is 11.8 Å². The van der Waals surface area contributed by atoms with Crippen molar-refractivity contribution in [1.82, 2.24) is 20.1 Å². The third-order valence-electron chi connectivity index (χ3n) is 3.95. The molecule has 134 valence electrons. The number of fused-ring (bicyclic) bond motifs is 1. The number of nitrogens with zero attached hydrogens (tertiary/aromatic N) is 3. The van der Waals surface area contributed by atoms with Crippen LogP contribution in [0.5, 0.6) is 5.88 Å². The lowest BCUT2D eigenvalue weighted by Gasteiger charge is -2.11. The molecule has 0 aliphatic carbocycles. The molecule has 0 atom stereocenters. The molecule has 0 saturated heterocycles. The molecule has 0 aliphatic rings. The summed E-state index contributed by atoms with van der Waals surface area (Å²) in [6.45, 7) is 4.31. The summed E-state index contributed by atoms with van der Waals surface area (Å²) in [7, 11) is 0. The molecule has 1 amide bonds. The molecule has 0 spiro atoms.